The summed E-state index contributed by atoms with van der Waals surface area (Å²) in [5, 5.41) is 17.4. The maximum absolute atomic E-state index is 13.1. The van der Waals surface area contributed by atoms with E-state index in [4.69, 9.17) is 9.15 Å². The van der Waals surface area contributed by atoms with Crippen LogP contribution in [-0.2, 0) is 16.9 Å². The number of nitrogens with zero attached hydrogens (tertiary/aromatic N) is 2. The number of carbonyl (C=O) groups is 2. The number of ether oxygens (including phenoxy) is 1. The number of benzene rings is 3. The fourth-order valence-corrected chi connectivity index (χ4v) is 4.61. The molecule has 5 aromatic rings. The van der Waals surface area contributed by atoms with Crippen LogP contribution in [0.3, 0.4) is 0 Å². The molecule has 1 fully saturated rings. The van der Waals surface area contributed by atoms with Crippen LogP contribution in [0, 0.1) is 0 Å². The zero-order valence-electron chi connectivity index (χ0n) is 18.6. The third-order valence-electron chi connectivity index (χ3n) is 6.46. The lowest BCUT2D eigenvalue weighted by atomic mass is 9.88. The number of carbonyl (C=O) groups excluding carboxylic acids is 2. The van der Waals surface area contributed by atoms with Gasteiger partial charge < -0.3 is 24.1 Å². The van der Waals surface area contributed by atoms with E-state index in [9.17, 15) is 14.7 Å². The number of oxazole rings is 1. The van der Waals surface area contributed by atoms with Gasteiger partial charge in [-0.25, -0.2) is 9.78 Å². The van der Waals surface area contributed by atoms with Gasteiger partial charge in [-0.3, -0.25) is 10.1 Å². The number of amides is 3. The van der Waals surface area contributed by atoms with Crippen LogP contribution in [0.1, 0.15) is 5.56 Å². The van der Waals surface area contributed by atoms with Gasteiger partial charge in [0.05, 0.1) is 13.7 Å². The molecule has 3 heterocycles. The van der Waals surface area contributed by atoms with Crippen LogP contribution >= 0.6 is 0 Å². The average Bonchev–Trinajstić information content (AvgIpc) is 3.55. The van der Waals surface area contributed by atoms with Crippen molar-refractivity contribution in [3.63, 3.8) is 0 Å². The minimum atomic E-state index is -1.40. The Bertz CT molecular complexity index is 1620. The summed E-state index contributed by atoms with van der Waals surface area (Å²) < 4.78 is 12.2. The molecule has 3 N–H and O–H groups in total. The number of methoxy groups -OCH3 is 1. The molecular weight excluding hydrogens is 448 g/mol. The fraction of sp³-hybridized carbons (Fsp3) is 0.115. The Labute approximate surface area is 198 Å². The number of nitrogens with one attached hydrogen (secondary N) is 2. The SMILES string of the molecule is COc1ccc2cn(C[C@@]3(c4ccc(-c5ccc6ncoc6c5)cc4)NC(=O)NC3=O)c(O)c2c1. The Balaban J connectivity index is 1.40. The van der Waals surface area contributed by atoms with Crippen molar-refractivity contribution in [1.82, 2.24) is 20.2 Å². The summed E-state index contributed by atoms with van der Waals surface area (Å²) in [4.78, 5) is 29.4. The molecule has 0 bridgehead atoms. The van der Waals surface area contributed by atoms with Gasteiger partial charge in [0.1, 0.15) is 11.3 Å². The predicted octanol–water partition coefficient (Wildman–Crippen LogP) is 3.90. The first-order valence-electron chi connectivity index (χ1n) is 10.9. The molecule has 3 amide bonds. The minimum Gasteiger partial charge on any atom is -0.497 e. The van der Waals surface area contributed by atoms with Crippen LogP contribution in [0.5, 0.6) is 11.6 Å². The van der Waals surface area contributed by atoms with Gasteiger partial charge in [0.2, 0.25) is 0 Å². The molecule has 2 aromatic heterocycles. The molecule has 0 radical (unpaired) electrons. The van der Waals surface area contributed by atoms with E-state index in [1.54, 1.807) is 42.1 Å². The Morgan fingerprint density at radius 2 is 1.86 bits per heavy atom. The van der Waals surface area contributed by atoms with Gasteiger partial charge in [-0.2, -0.15) is 0 Å². The Morgan fingerprint density at radius 3 is 2.60 bits per heavy atom. The highest BCUT2D eigenvalue weighted by Crippen LogP contribution is 2.35. The maximum Gasteiger partial charge on any atom is 0.322 e. The van der Waals surface area contributed by atoms with Crippen molar-refractivity contribution >= 4 is 33.8 Å². The highest BCUT2D eigenvalue weighted by molar-refractivity contribution is 6.07. The predicted molar refractivity (Wildman–Crippen MR) is 128 cm³/mol. The number of imide groups is 1. The van der Waals surface area contributed by atoms with Crippen molar-refractivity contribution in [1.29, 1.82) is 0 Å². The molecule has 0 saturated carbocycles. The van der Waals surface area contributed by atoms with Crippen LogP contribution in [-0.4, -0.2) is 33.7 Å². The molecule has 35 heavy (non-hydrogen) atoms. The van der Waals surface area contributed by atoms with E-state index in [2.05, 4.69) is 15.6 Å². The lowest BCUT2D eigenvalue weighted by Gasteiger charge is -2.27. The molecule has 3 aromatic carbocycles. The number of rotatable bonds is 5. The zero-order chi connectivity index (χ0) is 24.2. The molecule has 9 nitrogen and oxygen atoms in total. The van der Waals surface area contributed by atoms with Crippen LogP contribution in [0.15, 0.2) is 77.7 Å². The largest absolute Gasteiger partial charge is 0.497 e. The van der Waals surface area contributed by atoms with Gasteiger partial charge in [0.25, 0.3) is 5.91 Å². The molecule has 0 aliphatic carbocycles. The normalized spacial score (nSPS) is 17.6. The standard InChI is InChI=1S/C26H20N4O5/c1-34-19-8-4-17-12-30(23(31)20(17)11-19)13-26(24(32)28-25(33)29-26)18-6-2-15(3-7-18)16-5-9-21-22(10-16)35-14-27-21/h2-12,14,31H,13H2,1H3,(H2,28,29,32,33)/t26-/m0/s1. The van der Waals surface area contributed by atoms with Gasteiger partial charge >= 0.3 is 6.03 Å². The molecule has 174 valence electrons. The zero-order valence-corrected chi connectivity index (χ0v) is 18.6. The van der Waals surface area contributed by atoms with Gasteiger partial charge in [-0.05, 0) is 47.0 Å². The van der Waals surface area contributed by atoms with Crippen molar-refractivity contribution < 1.29 is 23.8 Å². The van der Waals surface area contributed by atoms with E-state index in [1.165, 1.54) is 6.39 Å². The number of hydrogen-bond donors (Lipinski definition) is 3. The fourth-order valence-electron chi connectivity index (χ4n) is 4.61. The van der Waals surface area contributed by atoms with Crippen LogP contribution < -0.4 is 15.4 Å². The third kappa shape index (κ3) is 3.28. The quantitative estimate of drug-likeness (QED) is 0.337. The number of fused-ring (bicyclic) bond motifs is 2. The van der Waals surface area contributed by atoms with E-state index < -0.39 is 17.5 Å². The first-order chi connectivity index (χ1) is 17.0. The summed E-state index contributed by atoms with van der Waals surface area (Å²) in [5.74, 6) is 0.0866. The first-order valence-corrected chi connectivity index (χ1v) is 10.9. The van der Waals surface area contributed by atoms with E-state index in [0.717, 1.165) is 22.0 Å². The van der Waals surface area contributed by atoms with Gasteiger partial charge in [0, 0.05) is 17.0 Å². The second kappa shape index (κ2) is 7.63. The number of aromatic hydroxyl groups is 1. The Hall–Kier alpha value is -4.79. The molecule has 9 heteroatoms. The van der Waals surface area contributed by atoms with E-state index >= 15 is 0 Å². The minimum absolute atomic E-state index is 0.00320. The molecule has 0 spiro atoms. The molecule has 6 rings (SSSR count). The third-order valence-corrected chi connectivity index (χ3v) is 6.46. The van der Waals surface area contributed by atoms with Crippen LogP contribution in [0.2, 0.25) is 0 Å². The topological polar surface area (TPSA) is 119 Å². The number of urea groups is 1. The van der Waals surface area contributed by atoms with Crippen molar-refractivity contribution in [3.05, 3.63) is 78.8 Å². The lowest BCUT2D eigenvalue weighted by Crippen LogP contribution is -2.47. The van der Waals surface area contributed by atoms with E-state index in [0.29, 0.717) is 22.3 Å². The summed E-state index contributed by atoms with van der Waals surface area (Å²) in [6, 6.07) is 17.8. The average molecular weight is 468 g/mol. The first kappa shape index (κ1) is 20.8. The molecule has 1 aliphatic rings. The highest BCUT2D eigenvalue weighted by atomic mass is 16.5. The Kier molecular flexibility index (Phi) is 4.53. The van der Waals surface area contributed by atoms with Crippen molar-refractivity contribution in [2.75, 3.05) is 7.11 Å². The summed E-state index contributed by atoms with van der Waals surface area (Å²) in [6.07, 6.45) is 3.14. The smallest absolute Gasteiger partial charge is 0.322 e. The summed E-state index contributed by atoms with van der Waals surface area (Å²) in [7, 11) is 1.55. The Morgan fingerprint density at radius 1 is 1.06 bits per heavy atom. The second-order valence-electron chi connectivity index (χ2n) is 8.46. The van der Waals surface area contributed by atoms with E-state index in [1.807, 2.05) is 36.4 Å². The second-order valence-corrected chi connectivity index (χ2v) is 8.46. The van der Waals surface area contributed by atoms with Gasteiger partial charge in [-0.1, -0.05) is 30.3 Å². The summed E-state index contributed by atoms with van der Waals surface area (Å²) >= 11 is 0. The molecule has 1 atom stereocenters. The highest BCUT2D eigenvalue weighted by Gasteiger charge is 2.48. The van der Waals surface area contributed by atoms with Crippen molar-refractivity contribution in [3.8, 4) is 22.8 Å². The van der Waals surface area contributed by atoms with Crippen LogP contribution in [0.25, 0.3) is 33.0 Å². The van der Waals surface area contributed by atoms with Gasteiger partial charge in [-0.15, -0.1) is 0 Å². The summed E-state index contributed by atoms with van der Waals surface area (Å²) in [6.45, 7) is -0.00320. The molecule has 1 saturated heterocycles. The lowest BCUT2D eigenvalue weighted by molar-refractivity contribution is -0.124. The monoisotopic (exact) mass is 468 g/mol. The number of hydrogen-bond acceptors (Lipinski definition) is 6. The van der Waals surface area contributed by atoms with Crippen molar-refractivity contribution in [2.45, 2.75) is 12.1 Å². The van der Waals surface area contributed by atoms with Crippen LogP contribution in [0.4, 0.5) is 4.79 Å². The van der Waals surface area contributed by atoms with Crippen molar-refractivity contribution in [2.24, 2.45) is 0 Å². The molecule has 1 aliphatic heterocycles. The van der Waals surface area contributed by atoms with E-state index in [-0.39, 0.29) is 12.4 Å². The number of aromatic nitrogens is 2. The maximum atomic E-state index is 13.1. The summed E-state index contributed by atoms with van der Waals surface area (Å²) in [5.41, 5.74) is 2.47. The molecule has 0 unspecified atom stereocenters. The van der Waals surface area contributed by atoms with Gasteiger partial charge in [0.15, 0.2) is 23.4 Å². The molecular formula is C26H20N4O5.